The number of nitrogens with zero attached hydrogens (tertiary/aromatic N) is 4. The Bertz CT molecular complexity index is 829. The molecule has 7 heteroatoms. The molecule has 25 heavy (non-hydrogen) atoms. The lowest BCUT2D eigenvalue weighted by Crippen LogP contribution is -2.38. The van der Waals surface area contributed by atoms with Gasteiger partial charge < -0.3 is 8.94 Å². The standard InChI is InChI=1S/C18H18N4O3/c23-17(14-6-1-2-8-19-14)13-5-3-9-22(11-13)12-16-20-18(21-25-16)15-7-4-10-24-15/h1-2,4,6-8,10,13H,3,5,9,11-12H2. The number of furan rings is 1. The molecular weight excluding hydrogens is 320 g/mol. The summed E-state index contributed by atoms with van der Waals surface area (Å²) in [5, 5.41) is 3.94. The summed E-state index contributed by atoms with van der Waals surface area (Å²) in [6.45, 7) is 2.11. The minimum atomic E-state index is -0.0453. The zero-order valence-corrected chi connectivity index (χ0v) is 13.7. The van der Waals surface area contributed by atoms with Gasteiger partial charge in [0.2, 0.25) is 11.7 Å². The van der Waals surface area contributed by atoms with Gasteiger partial charge in [-0.1, -0.05) is 11.2 Å². The molecule has 0 amide bonds. The Balaban J connectivity index is 1.41. The fourth-order valence-corrected chi connectivity index (χ4v) is 3.15. The Morgan fingerprint density at radius 2 is 2.24 bits per heavy atom. The smallest absolute Gasteiger partial charge is 0.241 e. The number of likely N-dealkylation sites (tertiary alicyclic amines) is 1. The number of carbonyl (C=O) groups excluding carboxylic acids is 1. The van der Waals surface area contributed by atoms with Crippen molar-refractivity contribution < 1.29 is 13.7 Å². The quantitative estimate of drug-likeness (QED) is 0.661. The number of piperidine rings is 1. The Kier molecular flexibility index (Phi) is 4.39. The first-order valence-electron chi connectivity index (χ1n) is 8.33. The summed E-state index contributed by atoms with van der Waals surface area (Å²) in [6.07, 6.45) is 5.07. The van der Waals surface area contributed by atoms with E-state index in [4.69, 9.17) is 8.94 Å². The lowest BCUT2D eigenvalue weighted by molar-refractivity contribution is 0.0792. The molecular formula is C18H18N4O3. The number of carbonyl (C=O) groups is 1. The van der Waals surface area contributed by atoms with Crippen LogP contribution >= 0.6 is 0 Å². The van der Waals surface area contributed by atoms with Crippen LogP contribution < -0.4 is 0 Å². The minimum absolute atomic E-state index is 0.0453. The van der Waals surface area contributed by atoms with Gasteiger partial charge in [0, 0.05) is 18.7 Å². The van der Waals surface area contributed by atoms with Crippen LogP contribution in [0, 0.1) is 5.92 Å². The van der Waals surface area contributed by atoms with Crippen molar-refractivity contribution in [2.24, 2.45) is 5.92 Å². The fraction of sp³-hybridized carbons (Fsp3) is 0.333. The predicted molar refractivity (Wildman–Crippen MR) is 88.6 cm³/mol. The van der Waals surface area contributed by atoms with Crippen molar-refractivity contribution >= 4 is 5.78 Å². The molecule has 1 aliphatic heterocycles. The summed E-state index contributed by atoms with van der Waals surface area (Å²) in [6, 6.07) is 9.00. The molecule has 1 unspecified atom stereocenters. The Hall–Kier alpha value is -2.80. The maximum absolute atomic E-state index is 12.6. The molecule has 0 N–H and O–H groups in total. The highest BCUT2D eigenvalue weighted by Gasteiger charge is 2.28. The third-order valence-electron chi connectivity index (χ3n) is 4.36. The van der Waals surface area contributed by atoms with Crippen LogP contribution in [0.5, 0.6) is 0 Å². The van der Waals surface area contributed by atoms with Gasteiger partial charge in [0.25, 0.3) is 0 Å². The highest BCUT2D eigenvalue weighted by Crippen LogP contribution is 2.22. The van der Waals surface area contributed by atoms with Crippen molar-refractivity contribution in [3.05, 3.63) is 54.4 Å². The van der Waals surface area contributed by atoms with Gasteiger partial charge in [0.15, 0.2) is 11.5 Å². The SMILES string of the molecule is O=C(c1ccccn1)C1CCCN(Cc2nc(-c3ccco3)no2)C1. The highest BCUT2D eigenvalue weighted by molar-refractivity contribution is 5.96. The molecule has 3 aromatic rings. The van der Waals surface area contributed by atoms with E-state index in [9.17, 15) is 4.79 Å². The first kappa shape index (κ1) is 15.7. The second-order valence-electron chi connectivity index (χ2n) is 6.14. The molecule has 4 rings (SSSR count). The number of pyridine rings is 1. The van der Waals surface area contributed by atoms with Crippen LogP contribution in [0.4, 0.5) is 0 Å². The molecule has 0 saturated carbocycles. The highest BCUT2D eigenvalue weighted by atomic mass is 16.5. The summed E-state index contributed by atoms with van der Waals surface area (Å²) in [5.74, 6) is 1.61. The summed E-state index contributed by atoms with van der Waals surface area (Å²) in [7, 11) is 0. The Morgan fingerprint density at radius 1 is 1.28 bits per heavy atom. The van der Waals surface area contributed by atoms with Crippen molar-refractivity contribution in [3.63, 3.8) is 0 Å². The number of Topliss-reactive ketones (excluding diaryl/α,β-unsaturated/α-hetero) is 1. The van der Waals surface area contributed by atoms with Crippen LogP contribution in [0.2, 0.25) is 0 Å². The molecule has 7 nitrogen and oxygen atoms in total. The molecule has 3 aromatic heterocycles. The Labute approximate surface area is 144 Å². The zero-order chi connectivity index (χ0) is 17.1. The minimum Gasteiger partial charge on any atom is -0.461 e. The van der Waals surface area contributed by atoms with E-state index >= 15 is 0 Å². The number of hydrogen-bond donors (Lipinski definition) is 0. The molecule has 0 aliphatic carbocycles. The molecule has 1 aliphatic rings. The van der Waals surface area contributed by atoms with Gasteiger partial charge in [-0.2, -0.15) is 4.98 Å². The number of ketones is 1. The van der Waals surface area contributed by atoms with Crippen LogP contribution in [0.3, 0.4) is 0 Å². The average Bonchev–Trinajstić information content (AvgIpc) is 3.34. The monoisotopic (exact) mass is 338 g/mol. The van der Waals surface area contributed by atoms with Crippen molar-refractivity contribution in [1.82, 2.24) is 20.0 Å². The van der Waals surface area contributed by atoms with Crippen LogP contribution in [0.15, 0.2) is 51.7 Å². The molecule has 128 valence electrons. The van der Waals surface area contributed by atoms with Gasteiger partial charge >= 0.3 is 0 Å². The van der Waals surface area contributed by atoms with Crippen LogP contribution in [0.25, 0.3) is 11.6 Å². The topological polar surface area (TPSA) is 85.3 Å². The van der Waals surface area contributed by atoms with Gasteiger partial charge in [0.05, 0.1) is 12.8 Å². The third kappa shape index (κ3) is 3.51. The van der Waals surface area contributed by atoms with E-state index in [2.05, 4.69) is 20.0 Å². The summed E-state index contributed by atoms with van der Waals surface area (Å²) < 4.78 is 10.6. The summed E-state index contributed by atoms with van der Waals surface area (Å²) in [5.41, 5.74) is 0.534. The van der Waals surface area contributed by atoms with E-state index in [-0.39, 0.29) is 11.7 Å². The summed E-state index contributed by atoms with van der Waals surface area (Å²) >= 11 is 0. The Morgan fingerprint density at radius 3 is 3.04 bits per heavy atom. The molecule has 1 atom stereocenters. The summed E-state index contributed by atoms with van der Waals surface area (Å²) in [4.78, 5) is 23.3. The van der Waals surface area contributed by atoms with Gasteiger partial charge in [0.1, 0.15) is 5.69 Å². The van der Waals surface area contributed by atoms with E-state index in [1.165, 1.54) is 0 Å². The van der Waals surface area contributed by atoms with E-state index in [1.807, 2.05) is 12.1 Å². The normalized spacial score (nSPS) is 18.3. The van der Waals surface area contributed by atoms with Gasteiger partial charge in [-0.3, -0.25) is 14.7 Å². The molecule has 0 spiro atoms. The van der Waals surface area contributed by atoms with Crippen LogP contribution in [0.1, 0.15) is 29.2 Å². The van der Waals surface area contributed by atoms with Crippen molar-refractivity contribution in [1.29, 1.82) is 0 Å². The molecule has 0 bridgehead atoms. The lowest BCUT2D eigenvalue weighted by atomic mass is 9.92. The number of rotatable bonds is 5. The van der Waals surface area contributed by atoms with Gasteiger partial charge in [-0.15, -0.1) is 0 Å². The second-order valence-corrected chi connectivity index (χ2v) is 6.14. The first-order valence-corrected chi connectivity index (χ1v) is 8.33. The van der Waals surface area contributed by atoms with Crippen LogP contribution in [-0.2, 0) is 6.54 Å². The predicted octanol–water partition coefficient (Wildman–Crippen LogP) is 2.82. The third-order valence-corrected chi connectivity index (χ3v) is 4.36. The molecule has 4 heterocycles. The van der Waals surface area contributed by atoms with Crippen molar-refractivity contribution in [2.45, 2.75) is 19.4 Å². The lowest BCUT2D eigenvalue weighted by Gasteiger charge is -2.30. The molecule has 1 saturated heterocycles. The van der Waals surface area contributed by atoms with E-state index < -0.39 is 0 Å². The second kappa shape index (κ2) is 6.98. The number of aromatic nitrogens is 3. The van der Waals surface area contributed by atoms with E-state index in [0.717, 1.165) is 19.4 Å². The van der Waals surface area contributed by atoms with Crippen molar-refractivity contribution in [2.75, 3.05) is 13.1 Å². The van der Waals surface area contributed by atoms with Gasteiger partial charge in [-0.05, 0) is 43.7 Å². The van der Waals surface area contributed by atoms with E-state index in [0.29, 0.717) is 36.3 Å². The largest absolute Gasteiger partial charge is 0.461 e. The zero-order valence-electron chi connectivity index (χ0n) is 13.7. The fourth-order valence-electron chi connectivity index (χ4n) is 3.15. The van der Waals surface area contributed by atoms with Gasteiger partial charge in [-0.25, -0.2) is 0 Å². The molecule has 0 aromatic carbocycles. The van der Waals surface area contributed by atoms with E-state index in [1.54, 1.807) is 30.7 Å². The maximum Gasteiger partial charge on any atom is 0.241 e. The average molecular weight is 338 g/mol. The molecule has 1 fully saturated rings. The molecule has 0 radical (unpaired) electrons. The first-order chi connectivity index (χ1) is 12.3. The van der Waals surface area contributed by atoms with Crippen molar-refractivity contribution in [3.8, 4) is 11.6 Å². The van der Waals surface area contributed by atoms with Crippen LogP contribution in [-0.4, -0.2) is 38.9 Å². The number of hydrogen-bond acceptors (Lipinski definition) is 7. The maximum atomic E-state index is 12.6.